The number of hydrogen-bond acceptors (Lipinski definition) is 4. The minimum atomic E-state index is -3.70. The molecule has 0 aliphatic rings. The minimum absolute atomic E-state index is 0.141. The van der Waals surface area contributed by atoms with Gasteiger partial charge in [-0.25, -0.2) is 13.2 Å². The molecule has 0 saturated heterocycles. The third-order valence-electron chi connectivity index (χ3n) is 4.03. The molecule has 7 heteroatoms. The first-order valence-electron chi connectivity index (χ1n) is 7.41. The highest BCUT2D eigenvalue weighted by Crippen LogP contribution is 2.25. The summed E-state index contributed by atoms with van der Waals surface area (Å²) in [6, 6.07) is 12.4. The standard InChI is InChI=1S/C17H18N2O4S/c1-12-9-14-15(23-17(20)19(14)3)10-16(12)24(21,22)18(2)11-13-7-5-4-6-8-13/h4-10H,11H2,1-3H3. The van der Waals surface area contributed by atoms with Crippen LogP contribution in [-0.2, 0) is 23.6 Å². The van der Waals surface area contributed by atoms with Crippen LogP contribution in [0.15, 0.2) is 56.6 Å². The van der Waals surface area contributed by atoms with E-state index in [9.17, 15) is 13.2 Å². The predicted molar refractivity (Wildman–Crippen MR) is 91.3 cm³/mol. The topological polar surface area (TPSA) is 72.5 Å². The Morgan fingerprint density at radius 2 is 1.83 bits per heavy atom. The number of nitrogens with zero attached hydrogens (tertiary/aromatic N) is 2. The molecule has 0 amide bonds. The van der Waals surface area contributed by atoms with E-state index in [2.05, 4.69) is 0 Å². The quantitative estimate of drug-likeness (QED) is 0.726. The summed E-state index contributed by atoms with van der Waals surface area (Å²) in [7, 11) is -0.579. The lowest BCUT2D eigenvalue weighted by Gasteiger charge is -2.18. The van der Waals surface area contributed by atoms with Crippen LogP contribution in [0.3, 0.4) is 0 Å². The molecular weight excluding hydrogens is 328 g/mol. The summed E-state index contributed by atoms with van der Waals surface area (Å²) >= 11 is 0. The number of rotatable bonds is 4. The third kappa shape index (κ3) is 2.76. The van der Waals surface area contributed by atoms with Gasteiger partial charge in [0.25, 0.3) is 0 Å². The van der Waals surface area contributed by atoms with Crippen molar-refractivity contribution in [1.82, 2.24) is 8.87 Å². The van der Waals surface area contributed by atoms with Gasteiger partial charge in [0.2, 0.25) is 10.0 Å². The van der Waals surface area contributed by atoms with E-state index in [4.69, 9.17) is 4.42 Å². The van der Waals surface area contributed by atoms with E-state index in [0.29, 0.717) is 11.1 Å². The summed E-state index contributed by atoms with van der Waals surface area (Å²) in [5.74, 6) is -0.517. The molecule has 1 heterocycles. The van der Waals surface area contributed by atoms with Gasteiger partial charge in [-0.3, -0.25) is 4.57 Å². The first-order valence-corrected chi connectivity index (χ1v) is 8.85. The van der Waals surface area contributed by atoms with E-state index < -0.39 is 15.8 Å². The summed E-state index contributed by atoms with van der Waals surface area (Å²) < 4.78 is 33.5. The molecule has 0 spiro atoms. The monoisotopic (exact) mass is 346 g/mol. The molecule has 6 nitrogen and oxygen atoms in total. The maximum Gasteiger partial charge on any atom is 0.419 e. The molecule has 0 aliphatic heterocycles. The van der Waals surface area contributed by atoms with Gasteiger partial charge in [-0.2, -0.15) is 4.31 Å². The highest BCUT2D eigenvalue weighted by molar-refractivity contribution is 7.89. The third-order valence-corrected chi connectivity index (χ3v) is 5.97. The Hall–Kier alpha value is -2.38. The molecule has 24 heavy (non-hydrogen) atoms. The Kier molecular flexibility index (Phi) is 4.06. The number of fused-ring (bicyclic) bond motifs is 1. The zero-order chi connectivity index (χ0) is 17.5. The second kappa shape index (κ2) is 5.92. The molecule has 2 aromatic carbocycles. The number of benzene rings is 2. The first-order chi connectivity index (χ1) is 11.3. The maximum atomic E-state index is 12.9. The van der Waals surface area contributed by atoms with Gasteiger partial charge in [0, 0.05) is 26.7 Å². The van der Waals surface area contributed by atoms with Crippen molar-refractivity contribution in [2.24, 2.45) is 7.05 Å². The van der Waals surface area contributed by atoms with Gasteiger partial charge >= 0.3 is 5.76 Å². The Bertz CT molecular complexity index is 1050. The Morgan fingerprint density at radius 3 is 2.50 bits per heavy atom. The number of aryl methyl sites for hydroxylation is 2. The molecule has 0 unspecified atom stereocenters. The van der Waals surface area contributed by atoms with Crippen molar-refractivity contribution < 1.29 is 12.8 Å². The van der Waals surface area contributed by atoms with Crippen molar-refractivity contribution in [2.45, 2.75) is 18.4 Å². The molecule has 3 rings (SSSR count). The Balaban J connectivity index is 2.04. The Labute approximate surface area is 140 Å². The summed E-state index contributed by atoms with van der Waals surface area (Å²) in [6.45, 7) is 1.97. The predicted octanol–water partition coefficient (Wildman–Crippen LogP) is 2.26. The second-order valence-corrected chi connectivity index (χ2v) is 7.77. The van der Waals surface area contributed by atoms with Gasteiger partial charge in [0.05, 0.1) is 10.4 Å². The van der Waals surface area contributed by atoms with E-state index >= 15 is 0 Å². The second-order valence-electron chi connectivity index (χ2n) is 5.76. The number of sulfonamides is 1. The fraction of sp³-hybridized carbons (Fsp3) is 0.235. The van der Waals surface area contributed by atoms with Crippen LogP contribution in [-0.4, -0.2) is 24.3 Å². The van der Waals surface area contributed by atoms with Crippen LogP contribution in [0.25, 0.3) is 11.1 Å². The van der Waals surface area contributed by atoms with Crippen LogP contribution >= 0.6 is 0 Å². The SMILES string of the molecule is Cc1cc2c(cc1S(=O)(=O)N(C)Cc1ccccc1)oc(=O)n2C. The van der Waals surface area contributed by atoms with Crippen molar-refractivity contribution in [2.75, 3.05) is 7.05 Å². The lowest BCUT2D eigenvalue weighted by molar-refractivity contribution is 0.466. The van der Waals surface area contributed by atoms with Crippen molar-refractivity contribution in [3.05, 3.63) is 64.1 Å². The molecular formula is C17H18N2O4S. The zero-order valence-corrected chi connectivity index (χ0v) is 14.5. The fourth-order valence-corrected chi connectivity index (χ4v) is 4.01. The molecule has 1 aromatic heterocycles. The lowest BCUT2D eigenvalue weighted by atomic mass is 10.2. The van der Waals surface area contributed by atoms with Gasteiger partial charge in [-0.1, -0.05) is 30.3 Å². The average Bonchev–Trinajstić information content (AvgIpc) is 2.82. The number of aromatic nitrogens is 1. The minimum Gasteiger partial charge on any atom is -0.408 e. The first kappa shape index (κ1) is 16.5. The summed E-state index contributed by atoms with van der Waals surface area (Å²) in [4.78, 5) is 11.8. The van der Waals surface area contributed by atoms with Crippen molar-refractivity contribution in [3.63, 3.8) is 0 Å². The van der Waals surface area contributed by atoms with Crippen LogP contribution in [0.4, 0.5) is 0 Å². The average molecular weight is 346 g/mol. The lowest BCUT2D eigenvalue weighted by Crippen LogP contribution is -2.27. The molecule has 0 saturated carbocycles. The zero-order valence-electron chi connectivity index (χ0n) is 13.7. The van der Waals surface area contributed by atoms with Crippen LogP contribution in [0.1, 0.15) is 11.1 Å². The fourth-order valence-electron chi connectivity index (χ4n) is 2.63. The van der Waals surface area contributed by atoms with E-state index in [0.717, 1.165) is 5.56 Å². The van der Waals surface area contributed by atoms with Crippen molar-refractivity contribution in [1.29, 1.82) is 0 Å². The van der Waals surface area contributed by atoms with Gasteiger partial charge < -0.3 is 4.42 Å². The van der Waals surface area contributed by atoms with Crippen LogP contribution < -0.4 is 5.76 Å². The molecule has 3 aromatic rings. The highest BCUT2D eigenvalue weighted by Gasteiger charge is 2.24. The van der Waals surface area contributed by atoms with Gasteiger partial charge in [0.15, 0.2) is 5.58 Å². The van der Waals surface area contributed by atoms with Crippen LogP contribution in [0, 0.1) is 6.92 Å². The Morgan fingerprint density at radius 1 is 1.17 bits per heavy atom. The molecule has 0 bridgehead atoms. The summed E-state index contributed by atoms with van der Waals surface area (Å²) in [5, 5.41) is 0. The van der Waals surface area contributed by atoms with Crippen LogP contribution in [0.2, 0.25) is 0 Å². The maximum absolute atomic E-state index is 12.9. The molecule has 126 valence electrons. The molecule has 0 atom stereocenters. The highest BCUT2D eigenvalue weighted by atomic mass is 32.2. The van der Waals surface area contributed by atoms with E-state index in [1.807, 2.05) is 30.3 Å². The molecule has 0 fully saturated rings. The number of hydrogen-bond donors (Lipinski definition) is 0. The summed E-state index contributed by atoms with van der Waals surface area (Å²) in [5.41, 5.74) is 2.30. The van der Waals surface area contributed by atoms with Crippen molar-refractivity contribution in [3.8, 4) is 0 Å². The van der Waals surface area contributed by atoms with E-state index in [1.54, 1.807) is 20.0 Å². The molecule has 0 N–H and O–H groups in total. The van der Waals surface area contributed by atoms with E-state index in [1.165, 1.54) is 22.0 Å². The summed E-state index contributed by atoms with van der Waals surface area (Å²) in [6.07, 6.45) is 0. The molecule has 0 radical (unpaired) electrons. The van der Waals surface area contributed by atoms with Crippen LogP contribution in [0.5, 0.6) is 0 Å². The van der Waals surface area contributed by atoms with Gasteiger partial charge in [0.1, 0.15) is 0 Å². The van der Waals surface area contributed by atoms with Crippen molar-refractivity contribution >= 4 is 21.1 Å². The smallest absolute Gasteiger partial charge is 0.408 e. The van der Waals surface area contributed by atoms with Gasteiger partial charge in [-0.15, -0.1) is 0 Å². The van der Waals surface area contributed by atoms with Gasteiger partial charge in [-0.05, 0) is 24.1 Å². The van der Waals surface area contributed by atoms with E-state index in [-0.39, 0.29) is 17.0 Å². The largest absolute Gasteiger partial charge is 0.419 e. The number of oxazole rings is 1. The molecule has 0 aliphatic carbocycles. The normalized spacial score (nSPS) is 12.2.